The van der Waals surface area contributed by atoms with Crippen molar-refractivity contribution in [3.63, 3.8) is 0 Å². The van der Waals surface area contributed by atoms with E-state index in [9.17, 15) is 13.2 Å². The van der Waals surface area contributed by atoms with Crippen LogP contribution in [-0.4, -0.2) is 61.2 Å². The molecule has 0 radical (unpaired) electrons. The molecular formula is C23H31N3O4S. The van der Waals surface area contributed by atoms with Crippen molar-refractivity contribution in [2.75, 3.05) is 39.3 Å². The molecule has 1 aromatic heterocycles. The van der Waals surface area contributed by atoms with E-state index < -0.39 is 10.2 Å². The Labute approximate surface area is 183 Å². The molecule has 8 heteroatoms. The van der Waals surface area contributed by atoms with Crippen molar-refractivity contribution in [2.45, 2.75) is 51.5 Å². The van der Waals surface area contributed by atoms with E-state index in [4.69, 9.17) is 4.42 Å². The average Bonchev–Trinajstić information content (AvgIpc) is 3.02. The normalized spacial score (nSPS) is 21.9. The van der Waals surface area contributed by atoms with Crippen molar-refractivity contribution < 1.29 is 12.8 Å². The fourth-order valence-electron chi connectivity index (χ4n) is 5.22. The van der Waals surface area contributed by atoms with Crippen molar-refractivity contribution in [3.8, 4) is 0 Å². The van der Waals surface area contributed by atoms with E-state index in [1.165, 1.54) is 11.1 Å². The molecular weight excluding hydrogens is 414 g/mol. The first kappa shape index (κ1) is 21.1. The molecule has 0 amide bonds. The zero-order valence-electron chi connectivity index (χ0n) is 18.0. The predicted molar refractivity (Wildman–Crippen MR) is 120 cm³/mol. The van der Waals surface area contributed by atoms with Gasteiger partial charge in [0.25, 0.3) is 10.2 Å². The van der Waals surface area contributed by atoms with E-state index in [0.717, 1.165) is 55.9 Å². The van der Waals surface area contributed by atoms with Gasteiger partial charge in [-0.1, -0.05) is 12.8 Å². The predicted octanol–water partition coefficient (Wildman–Crippen LogP) is 2.52. The highest BCUT2D eigenvalue weighted by Crippen LogP contribution is 2.29. The third-order valence-corrected chi connectivity index (χ3v) is 9.02. The lowest BCUT2D eigenvalue weighted by atomic mass is 10.0. The zero-order chi connectivity index (χ0) is 21.4. The first-order chi connectivity index (χ1) is 15.0. The van der Waals surface area contributed by atoms with E-state index in [-0.39, 0.29) is 5.63 Å². The summed E-state index contributed by atoms with van der Waals surface area (Å²) < 4.78 is 34.9. The summed E-state index contributed by atoms with van der Waals surface area (Å²) in [6.45, 7) is 4.23. The molecule has 0 N–H and O–H groups in total. The Morgan fingerprint density at radius 2 is 1.42 bits per heavy atom. The Kier molecular flexibility index (Phi) is 5.90. The molecule has 2 aliphatic heterocycles. The number of aryl methyl sites for hydroxylation is 2. The second kappa shape index (κ2) is 8.65. The summed E-state index contributed by atoms with van der Waals surface area (Å²) in [4.78, 5) is 14.4. The standard InChI is InChI=1S/C23H31N3O4S/c27-23-16-20(21-14-18-6-5-7-19(18)15-22(21)30-23)17-24-10-12-26(13-11-24)31(28,29)25-8-3-1-2-4-9-25/h14-16H,1-13,17H2. The van der Waals surface area contributed by atoms with E-state index in [2.05, 4.69) is 11.0 Å². The third-order valence-electron chi connectivity index (χ3n) is 6.99. The Morgan fingerprint density at radius 3 is 2.13 bits per heavy atom. The highest BCUT2D eigenvalue weighted by Gasteiger charge is 2.32. The second-order valence-corrected chi connectivity index (χ2v) is 11.0. The summed E-state index contributed by atoms with van der Waals surface area (Å²) in [5.74, 6) is 0. The van der Waals surface area contributed by atoms with E-state index in [1.54, 1.807) is 14.7 Å². The largest absolute Gasteiger partial charge is 0.423 e. The number of fused-ring (bicyclic) bond motifs is 2. The van der Waals surface area contributed by atoms with Gasteiger partial charge in [0, 0.05) is 57.3 Å². The van der Waals surface area contributed by atoms with E-state index >= 15 is 0 Å². The van der Waals surface area contributed by atoms with Crippen LogP contribution in [0.3, 0.4) is 0 Å². The molecule has 0 unspecified atom stereocenters. The van der Waals surface area contributed by atoms with Gasteiger partial charge in [0.2, 0.25) is 0 Å². The summed E-state index contributed by atoms with van der Waals surface area (Å²) in [7, 11) is -3.38. The van der Waals surface area contributed by atoms with Crippen LogP contribution >= 0.6 is 0 Å². The van der Waals surface area contributed by atoms with Crippen LogP contribution in [0, 0.1) is 0 Å². The van der Waals surface area contributed by atoms with Gasteiger partial charge in [0.1, 0.15) is 5.58 Å². The SMILES string of the molecule is O=c1cc(CN2CCN(S(=O)(=O)N3CCCCCC3)CC2)c2cc3c(cc2o1)CCC3. The third kappa shape index (κ3) is 4.31. The number of rotatable bonds is 4. The van der Waals surface area contributed by atoms with Crippen LogP contribution in [0.1, 0.15) is 48.8 Å². The van der Waals surface area contributed by atoms with Gasteiger partial charge in [-0.3, -0.25) is 4.90 Å². The Balaban J connectivity index is 1.30. The number of hydrogen-bond acceptors (Lipinski definition) is 5. The van der Waals surface area contributed by atoms with Crippen LogP contribution in [0.25, 0.3) is 11.0 Å². The van der Waals surface area contributed by atoms with Crippen molar-refractivity contribution in [3.05, 3.63) is 45.3 Å². The number of benzene rings is 1. The Bertz CT molecular complexity index is 1110. The van der Waals surface area contributed by atoms with E-state index in [0.29, 0.717) is 51.4 Å². The lowest BCUT2D eigenvalue weighted by molar-refractivity contribution is 0.175. The van der Waals surface area contributed by atoms with Gasteiger partial charge in [0.15, 0.2) is 0 Å². The maximum atomic E-state index is 13.1. The minimum Gasteiger partial charge on any atom is -0.423 e. The molecule has 168 valence electrons. The molecule has 0 saturated carbocycles. The topological polar surface area (TPSA) is 74.1 Å². The summed E-state index contributed by atoms with van der Waals surface area (Å²) in [5.41, 5.74) is 3.98. The minimum absolute atomic E-state index is 0.317. The quantitative estimate of drug-likeness (QED) is 0.676. The van der Waals surface area contributed by atoms with Crippen molar-refractivity contribution in [2.24, 2.45) is 0 Å². The van der Waals surface area contributed by atoms with Crippen molar-refractivity contribution >= 4 is 21.2 Å². The van der Waals surface area contributed by atoms with Crippen LogP contribution in [0.5, 0.6) is 0 Å². The molecule has 0 atom stereocenters. The lowest BCUT2D eigenvalue weighted by Gasteiger charge is -2.36. The molecule has 3 heterocycles. The van der Waals surface area contributed by atoms with Gasteiger partial charge in [-0.05, 0) is 60.9 Å². The highest BCUT2D eigenvalue weighted by molar-refractivity contribution is 7.86. The average molecular weight is 446 g/mol. The van der Waals surface area contributed by atoms with Crippen molar-refractivity contribution in [1.29, 1.82) is 0 Å². The molecule has 0 spiro atoms. The number of hydrogen-bond donors (Lipinski definition) is 0. The first-order valence-corrected chi connectivity index (χ1v) is 13.0. The molecule has 5 rings (SSSR count). The van der Waals surface area contributed by atoms with Gasteiger partial charge in [-0.25, -0.2) is 4.79 Å². The lowest BCUT2D eigenvalue weighted by Crippen LogP contribution is -2.52. The number of piperazine rings is 1. The molecule has 1 aliphatic carbocycles. The molecule has 2 saturated heterocycles. The van der Waals surface area contributed by atoms with Gasteiger partial charge < -0.3 is 4.42 Å². The van der Waals surface area contributed by atoms with Crippen LogP contribution in [0.15, 0.2) is 27.4 Å². The van der Waals surface area contributed by atoms with Gasteiger partial charge in [-0.2, -0.15) is 17.0 Å². The molecule has 2 aromatic rings. The maximum absolute atomic E-state index is 13.1. The van der Waals surface area contributed by atoms with Crippen LogP contribution < -0.4 is 5.63 Å². The first-order valence-electron chi connectivity index (χ1n) is 11.6. The molecule has 7 nitrogen and oxygen atoms in total. The molecule has 2 fully saturated rings. The van der Waals surface area contributed by atoms with Crippen molar-refractivity contribution in [1.82, 2.24) is 13.5 Å². The summed E-state index contributed by atoms with van der Waals surface area (Å²) >= 11 is 0. The minimum atomic E-state index is -3.38. The second-order valence-electron chi connectivity index (χ2n) is 9.06. The molecule has 0 bridgehead atoms. The smallest absolute Gasteiger partial charge is 0.336 e. The van der Waals surface area contributed by atoms with E-state index in [1.807, 2.05) is 6.07 Å². The monoisotopic (exact) mass is 445 g/mol. The Hall–Kier alpha value is -1.74. The highest BCUT2D eigenvalue weighted by atomic mass is 32.2. The number of nitrogens with zero attached hydrogens (tertiary/aromatic N) is 3. The summed E-state index contributed by atoms with van der Waals surface area (Å²) in [6, 6.07) is 5.83. The van der Waals surface area contributed by atoms with Crippen LogP contribution in [-0.2, 0) is 29.6 Å². The maximum Gasteiger partial charge on any atom is 0.336 e. The van der Waals surface area contributed by atoms with Crippen LogP contribution in [0.2, 0.25) is 0 Å². The zero-order valence-corrected chi connectivity index (χ0v) is 18.8. The molecule has 3 aliphatic rings. The molecule has 31 heavy (non-hydrogen) atoms. The summed E-state index contributed by atoms with van der Waals surface area (Å²) in [6.07, 6.45) is 7.41. The summed E-state index contributed by atoms with van der Waals surface area (Å²) in [5, 5.41) is 1.01. The fourth-order valence-corrected chi connectivity index (χ4v) is 6.89. The van der Waals surface area contributed by atoms with Gasteiger partial charge in [-0.15, -0.1) is 0 Å². The Morgan fingerprint density at radius 1 is 0.774 bits per heavy atom. The molecule has 1 aromatic carbocycles. The van der Waals surface area contributed by atoms with Gasteiger partial charge >= 0.3 is 5.63 Å². The van der Waals surface area contributed by atoms with Crippen LogP contribution in [0.4, 0.5) is 0 Å². The van der Waals surface area contributed by atoms with Gasteiger partial charge in [0.05, 0.1) is 0 Å². The fraction of sp³-hybridized carbons (Fsp3) is 0.609.